The average molecular weight is 357 g/mol. The number of anilines is 2. The lowest BCUT2D eigenvalue weighted by molar-refractivity contribution is 0.284. The van der Waals surface area contributed by atoms with Crippen LogP contribution in [-0.4, -0.2) is 33.7 Å². The summed E-state index contributed by atoms with van der Waals surface area (Å²) >= 11 is 0. The van der Waals surface area contributed by atoms with Gasteiger partial charge in [-0.25, -0.2) is 12.6 Å². The normalized spacial score (nSPS) is 12.0. The number of nitrogens with one attached hydrogen (secondary N) is 1. The predicted octanol–water partition coefficient (Wildman–Crippen LogP) is 2.02. The minimum Gasteiger partial charge on any atom is -0.355 e. The van der Waals surface area contributed by atoms with E-state index in [0.29, 0.717) is 5.69 Å². The summed E-state index contributed by atoms with van der Waals surface area (Å²) in [5.74, 6) is -0.568. The molecule has 2 aromatic carbocycles. The maximum atomic E-state index is 12.1. The lowest BCUT2D eigenvalue weighted by Gasteiger charge is -2.09. The molecule has 0 aliphatic heterocycles. The van der Waals surface area contributed by atoms with E-state index in [1.807, 2.05) is 30.3 Å². The Hall–Kier alpha value is -1.94. The molecule has 7 nitrogen and oxygen atoms in total. The molecule has 0 fully saturated rings. The summed E-state index contributed by atoms with van der Waals surface area (Å²) in [7, 11) is -8.39. The molecule has 2 aromatic rings. The minimum absolute atomic E-state index is 0.0253. The summed E-state index contributed by atoms with van der Waals surface area (Å²) in [4.78, 5) is 0.0253. The highest BCUT2D eigenvalue weighted by Gasteiger charge is 2.16. The van der Waals surface area contributed by atoms with Gasteiger partial charge < -0.3 is 5.32 Å². The first kappa shape index (κ1) is 17.4. The van der Waals surface area contributed by atoms with E-state index in [1.54, 1.807) is 12.1 Å². The van der Waals surface area contributed by atoms with Gasteiger partial charge in [-0.15, -0.1) is 0 Å². The van der Waals surface area contributed by atoms with Crippen LogP contribution < -0.4 is 5.32 Å². The number of para-hydroxylation sites is 1. The maximum Gasteiger partial charge on any atom is 0.397 e. The molecular weight excluding hydrogens is 342 g/mol. The van der Waals surface area contributed by atoms with Crippen LogP contribution in [-0.2, 0) is 24.4 Å². The number of hydrogen-bond acceptors (Lipinski definition) is 6. The fourth-order valence-electron chi connectivity index (χ4n) is 1.82. The Morgan fingerprint density at radius 3 is 2.22 bits per heavy atom. The Labute approximate surface area is 134 Å². The molecule has 0 saturated carbocycles. The third kappa shape index (κ3) is 5.64. The van der Waals surface area contributed by atoms with E-state index in [1.165, 1.54) is 12.1 Å². The van der Waals surface area contributed by atoms with Crippen molar-refractivity contribution in [3.05, 3.63) is 54.6 Å². The lowest BCUT2D eigenvalue weighted by Crippen LogP contribution is -2.15. The van der Waals surface area contributed by atoms with Gasteiger partial charge in [0.2, 0.25) is 0 Å². The van der Waals surface area contributed by atoms with Crippen LogP contribution in [0.4, 0.5) is 11.4 Å². The van der Waals surface area contributed by atoms with Crippen molar-refractivity contribution in [1.82, 2.24) is 0 Å². The first-order valence-electron chi connectivity index (χ1n) is 6.53. The van der Waals surface area contributed by atoms with Crippen LogP contribution in [0.3, 0.4) is 0 Å². The van der Waals surface area contributed by atoms with Crippen molar-refractivity contribution in [2.45, 2.75) is 4.90 Å². The van der Waals surface area contributed by atoms with Crippen LogP contribution in [0, 0.1) is 0 Å². The van der Waals surface area contributed by atoms with Gasteiger partial charge in [-0.1, -0.05) is 24.3 Å². The molecular formula is C14H15NO6S2. The molecule has 0 aliphatic carbocycles. The van der Waals surface area contributed by atoms with Gasteiger partial charge in [0.25, 0.3) is 0 Å². The molecule has 0 saturated heterocycles. The number of sulfone groups is 1. The molecule has 0 bridgehead atoms. The van der Waals surface area contributed by atoms with Gasteiger partial charge in [0.1, 0.15) is 0 Å². The Kier molecular flexibility index (Phi) is 5.37. The van der Waals surface area contributed by atoms with E-state index >= 15 is 0 Å². The Balaban J connectivity index is 2.12. The molecule has 0 spiro atoms. The summed E-state index contributed by atoms with van der Waals surface area (Å²) in [6, 6.07) is 15.3. The zero-order valence-corrected chi connectivity index (χ0v) is 13.5. The average Bonchev–Trinajstić information content (AvgIpc) is 2.47. The second-order valence-corrected chi connectivity index (χ2v) is 7.79. The second-order valence-electron chi connectivity index (χ2n) is 4.59. The standard InChI is InChI=1S/C14H15NO6S2/c16-22(17,10-9-21-23(18,19)20)14-8-4-7-13(11-14)15-12-5-2-1-3-6-12/h1-8,11,15H,9-10H2,(H,18,19,20). The third-order valence-corrected chi connectivity index (χ3v) is 4.98. The number of rotatable bonds is 7. The summed E-state index contributed by atoms with van der Waals surface area (Å²) in [5, 5.41) is 3.07. The summed E-state index contributed by atoms with van der Waals surface area (Å²) in [6.45, 7) is -0.655. The quantitative estimate of drug-likeness (QED) is 0.730. The molecule has 124 valence electrons. The smallest absolute Gasteiger partial charge is 0.355 e. The lowest BCUT2D eigenvalue weighted by atomic mass is 10.3. The fourth-order valence-corrected chi connectivity index (χ4v) is 3.35. The Morgan fingerprint density at radius 2 is 1.57 bits per heavy atom. The highest BCUT2D eigenvalue weighted by molar-refractivity contribution is 7.91. The molecule has 2 N–H and O–H groups in total. The number of hydrogen-bond donors (Lipinski definition) is 2. The van der Waals surface area contributed by atoms with Crippen molar-refractivity contribution in [3.63, 3.8) is 0 Å². The van der Waals surface area contributed by atoms with Gasteiger partial charge in [-0.2, -0.15) is 8.42 Å². The molecule has 0 aliphatic rings. The monoisotopic (exact) mass is 357 g/mol. The summed E-state index contributed by atoms with van der Waals surface area (Å²) < 4.78 is 57.6. The Bertz CT molecular complexity index is 863. The van der Waals surface area contributed by atoms with Gasteiger partial charge in [0, 0.05) is 11.4 Å². The van der Waals surface area contributed by atoms with Crippen LogP contribution in [0.1, 0.15) is 0 Å². The minimum atomic E-state index is -4.65. The van der Waals surface area contributed by atoms with Crippen LogP contribution in [0.5, 0.6) is 0 Å². The maximum absolute atomic E-state index is 12.1. The van der Waals surface area contributed by atoms with E-state index in [4.69, 9.17) is 4.55 Å². The highest BCUT2D eigenvalue weighted by atomic mass is 32.3. The molecule has 2 rings (SSSR count). The molecule has 0 radical (unpaired) electrons. The van der Waals surface area contributed by atoms with E-state index in [2.05, 4.69) is 9.50 Å². The first-order valence-corrected chi connectivity index (χ1v) is 9.55. The van der Waals surface area contributed by atoms with Crippen LogP contribution >= 0.6 is 0 Å². The Morgan fingerprint density at radius 1 is 0.913 bits per heavy atom. The van der Waals surface area contributed by atoms with Gasteiger partial charge in [0.15, 0.2) is 9.84 Å². The van der Waals surface area contributed by atoms with Crippen molar-refractivity contribution in [2.24, 2.45) is 0 Å². The molecule has 0 unspecified atom stereocenters. The van der Waals surface area contributed by atoms with Gasteiger partial charge in [-0.05, 0) is 30.3 Å². The first-order chi connectivity index (χ1) is 10.8. The van der Waals surface area contributed by atoms with Crippen LogP contribution in [0.2, 0.25) is 0 Å². The van der Waals surface area contributed by atoms with Crippen molar-refractivity contribution in [3.8, 4) is 0 Å². The van der Waals surface area contributed by atoms with Crippen molar-refractivity contribution >= 4 is 31.6 Å². The van der Waals surface area contributed by atoms with E-state index in [-0.39, 0.29) is 4.90 Å². The molecule has 0 heterocycles. The second kappa shape index (κ2) is 7.09. The fraction of sp³-hybridized carbons (Fsp3) is 0.143. The van der Waals surface area contributed by atoms with Gasteiger partial charge in [0.05, 0.1) is 17.3 Å². The summed E-state index contributed by atoms with van der Waals surface area (Å²) in [6.07, 6.45) is 0. The molecule has 0 atom stereocenters. The van der Waals surface area contributed by atoms with E-state index in [9.17, 15) is 16.8 Å². The van der Waals surface area contributed by atoms with E-state index < -0.39 is 32.6 Å². The molecule has 9 heteroatoms. The van der Waals surface area contributed by atoms with E-state index in [0.717, 1.165) is 5.69 Å². The highest BCUT2D eigenvalue weighted by Crippen LogP contribution is 2.20. The molecule has 0 amide bonds. The van der Waals surface area contributed by atoms with Crippen LogP contribution in [0.15, 0.2) is 59.5 Å². The zero-order chi connectivity index (χ0) is 16.9. The SMILES string of the molecule is O=S(=O)(O)OCCS(=O)(=O)c1cccc(Nc2ccccc2)c1. The van der Waals surface area contributed by atoms with Gasteiger partial charge >= 0.3 is 10.4 Å². The largest absolute Gasteiger partial charge is 0.397 e. The van der Waals surface area contributed by atoms with Crippen molar-refractivity contribution in [2.75, 3.05) is 17.7 Å². The van der Waals surface area contributed by atoms with Crippen molar-refractivity contribution in [1.29, 1.82) is 0 Å². The third-order valence-electron chi connectivity index (χ3n) is 2.84. The van der Waals surface area contributed by atoms with Crippen molar-refractivity contribution < 1.29 is 25.6 Å². The predicted molar refractivity (Wildman–Crippen MR) is 85.7 cm³/mol. The summed E-state index contributed by atoms with van der Waals surface area (Å²) in [5.41, 5.74) is 1.38. The number of benzene rings is 2. The molecule has 23 heavy (non-hydrogen) atoms. The van der Waals surface area contributed by atoms with Gasteiger partial charge in [-0.3, -0.25) is 4.55 Å². The van der Waals surface area contributed by atoms with Crippen LogP contribution in [0.25, 0.3) is 0 Å². The zero-order valence-electron chi connectivity index (χ0n) is 11.9. The topological polar surface area (TPSA) is 110 Å². The molecule has 0 aromatic heterocycles.